The second-order valence-electron chi connectivity index (χ2n) is 7.68. The van der Waals surface area contributed by atoms with E-state index in [9.17, 15) is 14.4 Å². The first-order valence-corrected chi connectivity index (χ1v) is 11.0. The van der Waals surface area contributed by atoms with Gasteiger partial charge in [-0.3, -0.25) is 19.5 Å². The van der Waals surface area contributed by atoms with Crippen molar-refractivity contribution in [3.05, 3.63) is 64.5 Å². The SMILES string of the molecule is O=C1CC[C@H](n2c(=O)oc3ccc(Cc4nc(-c5nc6ccccc6s5)no4)cc32)C(=O)N1. The smallest absolute Gasteiger partial charge is 0.408 e. The van der Waals surface area contributed by atoms with E-state index in [1.165, 1.54) is 15.9 Å². The molecule has 5 aromatic rings. The van der Waals surface area contributed by atoms with Crippen LogP contribution in [0.5, 0.6) is 0 Å². The van der Waals surface area contributed by atoms with Crippen LogP contribution in [-0.4, -0.2) is 31.5 Å². The van der Waals surface area contributed by atoms with Gasteiger partial charge in [0, 0.05) is 6.42 Å². The maximum Gasteiger partial charge on any atom is 0.420 e. The van der Waals surface area contributed by atoms with Crippen molar-refractivity contribution in [2.75, 3.05) is 0 Å². The summed E-state index contributed by atoms with van der Waals surface area (Å²) in [5.74, 6) is -0.706. The Morgan fingerprint density at radius 3 is 2.85 bits per heavy atom. The van der Waals surface area contributed by atoms with E-state index in [0.717, 1.165) is 15.8 Å². The Balaban J connectivity index is 1.31. The monoisotopic (exact) mass is 461 g/mol. The van der Waals surface area contributed by atoms with Crippen molar-refractivity contribution in [3.63, 3.8) is 0 Å². The van der Waals surface area contributed by atoms with Crippen LogP contribution in [0.1, 0.15) is 30.3 Å². The van der Waals surface area contributed by atoms with Crippen molar-refractivity contribution in [2.24, 2.45) is 0 Å². The summed E-state index contributed by atoms with van der Waals surface area (Å²) in [5, 5.41) is 7.00. The summed E-state index contributed by atoms with van der Waals surface area (Å²) >= 11 is 1.48. The number of carbonyl (C=O) groups is 2. The lowest BCUT2D eigenvalue weighted by Crippen LogP contribution is -2.43. The first kappa shape index (κ1) is 19.6. The van der Waals surface area contributed by atoms with E-state index in [1.54, 1.807) is 18.2 Å². The summed E-state index contributed by atoms with van der Waals surface area (Å²) in [7, 11) is 0. The lowest BCUT2D eigenvalue weighted by Gasteiger charge is -2.21. The van der Waals surface area contributed by atoms with Crippen molar-refractivity contribution in [3.8, 4) is 10.8 Å². The number of nitrogens with one attached hydrogen (secondary N) is 1. The number of rotatable bonds is 4. The molecule has 2 amide bonds. The zero-order chi connectivity index (χ0) is 22.5. The Labute approximate surface area is 188 Å². The summed E-state index contributed by atoms with van der Waals surface area (Å²) in [4.78, 5) is 45.2. The van der Waals surface area contributed by atoms with Gasteiger partial charge in [-0.05, 0) is 36.2 Å². The first-order valence-electron chi connectivity index (χ1n) is 10.2. The van der Waals surface area contributed by atoms with Crippen molar-refractivity contribution >= 4 is 44.5 Å². The molecule has 164 valence electrons. The lowest BCUT2D eigenvalue weighted by atomic mass is 10.1. The van der Waals surface area contributed by atoms with E-state index in [0.29, 0.717) is 34.2 Å². The number of aromatic nitrogens is 4. The van der Waals surface area contributed by atoms with E-state index in [2.05, 4.69) is 20.4 Å². The molecular weight excluding hydrogens is 446 g/mol. The molecule has 6 rings (SSSR count). The van der Waals surface area contributed by atoms with Crippen LogP contribution in [0, 0.1) is 0 Å². The minimum absolute atomic E-state index is 0.158. The second kappa shape index (κ2) is 7.48. The number of thiazole rings is 1. The van der Waals surface area contributed by atoms with Gasteiger partial charge in [-0.1, -0.05) is 23.4 Å². The standard InChI is InChI=1S/C22H15N5O5S/c28-17-8-6-13(20(29)24-17)27-14-9-11(5-7-15(14)31-22(27)30)10-18-25-19(26-32-18)21-23-12-3-1-2-4-16(12)33-21/h1-5,7,9,13H,6,8,10H2,(H,24,28,29)/t13-/m0/s1. The highest BCUT2D eigenvalue weighted by atomic mass is 32.1. The average molecular weight is 461 g/mol. The Morgan fingerprint density at radius 1 is 1.12 bits per heavy atom. The fourth-order valence-corrected chi connectivity index (χ4v) is 4.86. The molecule has 2 aromatic carbocycles. The van der Waals surface area contributed by atoms with Gasteiger partial charge >= 0.3 is 5.76 Å². The van der Waals surface area contributed by atoms with Crippen LogP contribution < -0.4 is 11.1 Å². The third-order valence-corrected chi connectivity index (χ3v) is 6.54. The average Bonchev–Trinajstić information content (AvgIpc) is 3.50. The summed E-state index contributed by atoms with van der Waals surface area (Å²) in [6.07, 6.45) is 0.715. The first-order chi connectivity index (χ1) is 16.0. The molecule has 1 aliphatic rings. The van der Waals surface area contributed by atoms with Gasteiger partial charge in [-0.2, -0.15) is 4.98 Å². The van der Waals surface area contributed by atoms with Gasteiger partial charge in [-0.15, -0.1) is 11.3 Å². The molecule has 1 fully saturated rings. The van der Waals surface area contributed by atoms with Gasteiger partial charge in [0.25, 0.3) is 0 Å². The predicted octanol–water partition coefficient (Wildman–Crippen LogP) is 2.82. The van der Waals surface area contributed by atoms with Gasteiger partial charge in [0.05, 0.1) is 22.2 Å². The molecule has 1 saturated heterocycles. The molecule has 0 unspecified atom stereocenters. The van der Waals surface area contributed by atoms with E-state index in [-0.39, 0.29) is 18.7 Å². The molecule has 1 aliphatic heterocycles. The summed E-state index contributed by atoms with van der Waals surface area (Å²) in [6.45, 7) is 0. The Morgan fingerprint density at radius 2 is 2.00 bits per heavy atom. The normalized spacial score (nSPS) is 16.5. The fourth-order valence-electron chi connectivity index (χ4n) is 3.97. The molecule has 0 spiro atoms. The number of benzene rings is 2. The highest BCUT2D eigenvalue weighted by Gasteiger charge is 2.31. The number of piperidine rings is 1. The minimum Gasteiger partial charge on any atom is -0.408 e. The number of carbonyl (C=O) groups excluding carboxylic acids is 2. The van der Waals surface area contributed by atoms with Crippen molar-refractivity contribution in [2.45, 2.75) is 25.3 Å². The molecule has 0 aliphatic carbocycles. The number of imide groups is 1. The molecule has 10 nitrogen and oxygen atoms in total. The zero-order valence-corrected chi connectivity index (χ0v) is 17.8. The summed E-state index contributed by atoms with van der Waals surface area (Å²) in [5.41, 5.74) is 2.50. The molecule has 0 radical (unpaired) electrons. The minimum atomic E-state index is -0.805. The van der Waals surface area contributed by atoms with E-state index in [1.807, 2.05) is 24.3 Å². The highest BCUT2D eigenvalue weighted by molar-refractivity contribution is 7.21. The maximum absolute atomic E-state index is 12.5. The molecule has 4 heterocycles. The predicted molar refractivity (Wildman–Crippen MR) is 118 cm³/mol. The quantitative estimate of drug-likeness (QED) is 0.404. The van der Waals surface area contributed by atoms with Crippen molar-refractivity contribution in [1.29, 1.82) is 0 Å². The van der Waals surface area contributed by atoms with E-state index >= 15 is 0 Å². The number of nitrogens with zero attached hydrogens (tertiary/aromatic N) is 4. The number of fused-ring (bicyclic) bond motifs is 2. The Kier molecular flexibility index (Phi) is 4.44. The molecule has 1 N–H and O–H groups in total. The summed E-state index contributed by atoms with van der Waals surface area (Å²) < 4.78 is 13.1. The number of amides is 2. The van der Waals surface area contributed by atoms with Crippen molar-refractivity contribution in [1.82, 2.24) is 25.0 Å². The third kappa shape index (κ3) is 3.42. The summed E-state index contributed by atoms with van der Waals surface area (Å²) in [6, 6.07) is 12.2. The van der Waals surface area contributed by atoms with Gasteiger partial charge in [-0.25, -0.2) is 9.78 Å². The van der Waals surface area contributed by atoms with Crippen LogP contribution in [0.25, 0.3) is 32.1 Å². The van der Waals surface area contributed by atoms with Gasteiger partial charge in [0.2, 0.25) is 23.5 Å². The molecule has 3 aromatic heterocycles. The van der Waals surface area contributed by atoms with Crippen LogP contribution in [0.2, 0.25) is 0 Å². The van der Waals surface area contributed by atoms with E-state index < -0.39 is 17.7 Å². The number of para-hydroxylation sites is 1. The second-order valence-corrected chi connectivity index (χ2v) is 8.71. The van der Waals surface area contributed by atoms with Crippen LogP contribution in [0.3, 0.4) is 0 Å². The lowest BCUT2D eigenvalue weighted by molar-refractivity contribution is -0.135. The van der Waals surface area contributed by atoms with Gasteiger partial charge in [0.15, 0.2) is 10.6 Å². The third-order valence-electron chi connectivity index (χ3n) is 5.51. The van der Waals surface area contributed by atoms with E-state index in [4.69, 9.17) is 8.94 Å². The molecule has 0 bridgehead atoms. The number of oxazole rings is 1. The molecule has 11 heteroatoms. The zero-order valence-electron chi connectivity index (χ0n) is 17.0. The molecule has 33 heavy (non-hydrogen) atoms. The van der Waals surface area contributed by atoms with Gasteiger partial charge in [0.1, 0.15) is 6.04 Å². The van der Waals surface area contributed by atoms with Crippen LogP contribution >= 0.6 is 11.3 Å². The van der Waals surface area contributed by atoms with Gasteiger partial charge < -0.3 is 8.94 Å². The fraction of sp³-hybridized carbons (Fsp3) is 0.182. The number of hydrogen-bond acceptors (Lipinski definition) is 9. The molecule has 1 atom stereocenters. The highest BCUT2D eigenvalue weighted by Crippen LogP contribution is 2.29. The largest absolute Gasteiger partial charge is 0.420 e. The maximum atomic E-state index is 12.5. The Bertz CT molecular complexity index is 1580. The topological polar surface area (TPSA) is 133 Å². The van der Waals surface area contributed by atoms with Crippen molar-refractivity contribution < 1.29 is 18.5 Å². The molecular formula is C22H15N5O5S. The Hall–Kier alpha value is -4.12. The van der Waals surface area contributed by atoms with Crippen LogP contribution in [-0.2, 0) is 16.0 Å². The number of hydrogen-bond donors (Lipinski definition) is 1. The van der Waals surface area contributed by atoms with Crippen LogP contribution in [0.15, 0.2) is 56.2 Å². The van der Waals surface area contributed by atoms with Crippen LogP contribution in [0.4, 0.5) is 0 Å². The molecule has 0 saturated carbocycles.